The predicted octanol–water partition coefficient (Wildman–Crippen LogP) is 1.71. The highest BCUT2D eigenvalue weighted by atomic mass is 16.1. The Morgan fingerprint density at radius 2 is 2.24 bits per heavy atom. The summed E-state index contributed by atoms with van der Waals surface area (Å²) >= 11 is 0. The molecule has 0 aromatic carbocycles. The molecule has 0 aliphatic heterocycles. The molecule has 6 heteroatoms. The summed E-state index contributed by atoms with van der Waals surface area (Å²) in [4.78, 5) is 14.4. The molecule has 0 aromatic rings. The minimum absolute atomic E-state index is 0.124. The number of carbonyl (C=O) groups excluding carboxylic acids is 1. The van der Waals surface area contributed by atoms with Crippen molar-refractivity contribution in [3.05, 3.63) is 10.4 Å². The van der Waals surface area contributed by atoms with Gasteiger partial charge in [0.25, 0.3) is 0 Å². The third-order valence-electron chi connectivity index (χ3n) is 3.45. The smallest absolute Gasteiger partial charge is 0.237 e. The predicted molar refractivity (Wildman–Crippen MR) is 66.2 cm³/mol. The van der Waals surface area contributed by atoms with E-state index < -0.39 is 5.54 Å². The first-order valence-corrected chi connectivity index (χ1v) is 5.98. The maximum Gasteiger partial charge on any atom is 0.237 e. The molecule has 1 aliphatic rings. The number of hydrogen-bond donors (Lipinski definition) is 2. The van der Waals surface area contributed by atoms with E-state index in [2.05, 4.69) is 29.2 Å². The lowest BCUT2D eigenvalue weighted by Crippen LogP contribution is -2.59. The minimum atomic E-state index is -0.632. The monoisotopic (exact) mass is 239 g/mol. The minimum Gasteiger partial charge on any atom is -0.368 e. The van der Waals surface area contributed by atoms with E-state index in [1.54, 1.807) is 0 Å². The van der Waals surface area contributed by atoms with Gasteiger partial charge in [-0.2, -0.15) is 0 Å². The largest absolute Gasteiger partial charge is 0.368 e. The summed E-state index contributed by atoms with van der Waals surface area (Å²) in [5.41, 5.74) is 13.2. The van der Waals surface area contributed by atoms with Crippen molar-refractivity contribution < 1.29 is 4.79 Å². The quantitative estimate of drug-likeness (QED) is 0.330. The molecule has 0 saturated heterocycles. The maximum atomic E-state index is 11.7. The van der Waals surface area contributed by atoms with Gasteiger partial charge in [0.1, 0.15) is 0 Å². The zero-order valence-corrected chi connectivity index (χ0v) is 10.6. The first-order valence-electron chi connectivity index (χ1n) is 5.98. The average molecular weight is 239 g/mol. The fraction of sp³-hybridized carbons (Fsp3) is 0.909. The standard InChI is InChI=1S/C11H21N5O/c1-10(2)4-3-5-11(8-10,9(12)17)14-6-7-15-16-13/h14H,3-8H2,1-2H3,(H2,12,17). The van der Waals surface area contributed by atoms with Gasteiger partial charge in [-0.1, -0.05) is 25.4 Å². The lowest BCUT2D eigenvalue weighted by Gasteiger charge is -2.43. The molecular weight excluding hydrogens is 218 g/mol. The molecule has 0 heterocycles. The molecule has 0 aromatic heterocycles. The van der Waals surface area contributed by atoms with Gasteiger partial charge in [-0.05, 0) is 30.2 Å². The molecule has 3 N–H and O–H groups in total. The second-order valence-corrected chi connectivity index (χ2v) is 5.52. The van der Waals surface area contributed by atoms with E-state index in [4.69, 9.17) is 11.3 Å². The molecule has 1 aliphatic carbocycles. The number of carbonyl (C=O) groups is 1. The highest BCUT2D eigenvalue weighted by Crippen LogP contribution is 2.40. The lowest BCUT2D eigenvalue weighted by atomic mass is 9.67. The Morgan fingerprint density at radius 1 is 1.53 bits per heavy atom. The molecule has 1 fully saturated rings. The van der Waals surface area contributed by atoms with Crippen LogP contribution in [0.2, 0.25) is 0 Å². The highest BCUT2D eigenvalue weighted by Gasteiger charge is 2.43. The third-order valence-corrected chi connectivity index (χ3v) is 3.45. The van der Waals surface area contributed by atoms with Crippen LogP contribution in [0.25, 0.3) is 10.4 Å². The number of nitrogens with one attached hydrogen (secondary N) is 1. The van der Waals surface area contributed by atoms with Crippen LogP contribution < -0.4 is 11.1 Å². The Labute approximate surface area is 102 Å². The summed E-state index contributed by atoms with van der Waals surface area (Å²) in [6, 6.07) is 0. The Bertz CT molecular complexity index is 335. The molecule has 1 unspecified atom stereocenters. The molecule has 1 atom stereocenters. The number of primary amides is 1. The molecule has 0 radical (unpaired) electrons. The zero-order valence-electron chi connectivity index (χ0n) is 10.6. The van der Waals surface area contributed by atoms with Gasteiger partial charge in [-0.3, -0.25) is 4.79 Å². The van der Waals surface area contributed by atoms with Crippen LogP contribution in [0.3, 0.4) is 0 Å². The molecular formula is C11H21N5O. The second kappa shape index (κ2) is 5.38. The lowest BCUT2D eigenvalue weighted by molar-refractivity contribution is -0.127. The van der Waals surface area contributed by atoms with Crippen molar-refractivity contribution >= 4 is 5.91 Å². The molecule has 1 saturated carbocycles. The third kappa shape index (κ3) is 3.61. The van der Waals surface area contributed by atoms with Crippen molar-refractivity contribution in [1.82, 2.24) is 5.32 Å². The van der Waals surface area contributed by atoms with Crippen molar-refractivity contribution in [3.63, 3.8) is 0 Å². The van der Waals surface area contributed by atoms with Crippen molar-refractivity contribution in [3.8, 4) is 0 Å². The Balaban J connectivity index is 2.68. The SMILES string of the molecule is CC1(C)CCCC(NCCN=[N+]=[N-])(C(N)=O)C1. The van der Waals surface area contributed by atoms with Crippen molar-refractivity contribution in [1.29, 1.82) is 0 Å². The van der Waals surface area contributed by atoms with Gasteiger partial charge in [0.05, 0.1) is 5.54 Å². The fourth-order valence-corrected chi connectivity index (χ4v) is 2.70. The molecule has 0 bridgehead atoms. The van der Waals surface area contributed by atoms with E-state index in [1.165, 1.54) is 0 Å². The van der Waals surface area contributed by atoms with Gasteiger partial charge in [-0.15, -0.1) is 0 Å². The van der Waals surface area contributed by atoms with Crippen molar-refractivity contribution in [2.75, 3.05) is 13.1 Å². The summed E-state index contributed by atoms with van der Waals surface area (Å²) in [7, 11) is 0. The van der Waals surface area contributed by atoms with Crippen LogP contribution in [0, 0.1) is 5.41 Å². The van der Waals surface area contributed by atoms with Crippen LogP contribution in [-0.4, -0.2) is 24.5 Å². The van der Waals surface area contributed by atoms with E-state index in [-0.39, 0.29) is 11.3 Å². The van der Waals surface area contributed by atoms with Gasteiger partial charge >= 0.3 is 0 Å². The van der Waals surface area contributed by atoms with Gasteiger partial charge in [-0.25, -0.2) is 0 Å². The summed E-state index contributed by atoms with van der Waals surface area (Å²) in [6.07, 6.45) is 3.61. The van der Waals surface area contributed by atoms with Crippen LogP contribution >= 0.6 is 0 Å². The van der Waals surface area contributed by atoms with Crippen LogP contribution in [0.1, 0.15) is 39.5 Å². The zero-order chi connectivity index (χ0) is 12.9. The van der Waals surface area contributed by atoms with Crippen LogP contribution in [0.4, 0.5) is 0 Å². The van der Waals surface area contributed by atoms with Crippen LogP contribution in [0.5, 0.6) is 0 Å². The highest BCUT2D eigenvalue weighted by molar-refractivity contribution is 5.84. The summed E-state index contributed by atoms with van der Waals surface area (Å²) in [5, 5.41) is 6.63. The Hall–Kier alpha value is -1.26. The second-order valence-electron chi connectivity index (χ2n) is 5.52. The van der Waals surface area contributed by atoms with Gasteiger partial charge in [0.15, 0.2) is 0 Å². The molecule has 17 heavy (non-hydrogen) atoms. The first-order chi connectivity index (χ1) is 7.92. The van der Waals surface area contributed by atoms with Crippen molar-refractivity contribution in [2.24, 2.45) is 16.3 Å². The maximum absolute atomic E-state index is 11.7. The van der Waals surface area contributed by atoms with Crippen LogP contribution in [-0.2, 0) is 4.79 Å². The van der Waals surface area contributed by atoms with E-state index in [0.29, 0.717) is 13.1 Å². The average Bonchev–Trinajstić information content (AvgIpc) is 2.23. The summed E-state index contributed by atoms with van der Waals surface area (Å²) in [6.45, 7) is 5.13. The number of rotatable bonds is 5. The summed E-state index contributed by atoms with van der Waals surface area (Å²) < 4.78 is 0. The summed E-state index contributed by atoms with van der Waals surface area (Å²) in [5.74, 6) is -0.300. The number of azide groups is 1. The van der Waals surface area contributed by atoms with E-state index in [1.807, 2.05) is 0 Å². The molecule has 96 valence electrons. The molecule has 0 spiro atoms. The van der Waals surface area contributed by atoms with Gasteiger partial charge < -0.3 is 11.1 Å². The molecule has 6 nitrogen and oxygen atoms in total. The number of nitrogens with zero attached hydrogens (tertiary/aromatic N) is 3. The normalized spacial score (nSPS) is 27.2. The molecule has 1 rings (SSSR count). The van der Waals surface area contributed by atoms with Gasteiger partial charge in [0.2, 0.25) is 5.91 Å². The number of hydrogen-bond acceptors (Lipinski definition) is 3. The van der Waals surface area contributed by atoms with Crippen molar-refractivity contribution in [2.45, 2.75) is 45.1 Å². The Kier molecular flexibility index (Phi) is 4.37. The van der Waals surface area contributed by atoms with E-state index >= 15 is 0 Å². The van der Waals surface area contributed by atoms with E-state index in [9.17, 15) is 4.79 Å². The number of nitrogens with two attached hydrogens (primary N) is 1. The van der Waals surface area contributed by atoms with Crippen LogP contribution in [0.15, 0.2) is 5.11 Å². The fourth-order valence-electron chi connectivity index (χ4n) is 2.70. The number of amides is 1. The Morgan fingerprint density at radius 3 is 2.76 bits per heavy atom. The topological polar surface area (TPSA) is 104 Å². The van der Waals surface area contributed by atoms with E-state index in [0.717, 1.165) is 25.7 Å². The van der Waals surface area contributed by atoms with Gasteiger partial charge in [0, 0.05) is 18.0 Å². The molecule has 1 amide bonds. The first kappa shape index (κ1) is 13.8.